The molecule has 0 saturated carbocycles. The van der Waals surface area contributed by atoms with Crippen LogP contribution in [-0.4, -0.2) is 20.3 Å². The Bertz CT molecular complexity index is 1010. The summed E-state index contributed by atoms with van der Waals surface area (Å²) in [7, 11) is 0. The molecule has 0 unspecified atom stereocenters. The number of carbonyl (C=O) groups is 1. The Morgan fingerprint density at radius 2 is 2.04 bits per heavy atom. The van der Waals surface area contributed by atoms with E-state index >= 15 is 0 Å². The number of fused-ring (bicyclic) bond motifs is 1. The van der Waals surface area contributed by atoms with Gasteiger partial charge in [-0.25, -0.2) is 9.97 Å². The summed E-state index contributed by atoms with van der Waals surface area (Å²) in [4.78, 5) is 19.4. The zero-order chi connectivity index (χ0) is 18.9. The van der Waals surface area contributed by atoms with E-state index in [1.54, 1.807) is 41.9 Å². The minimum Gasteiger partial charge on any atom is -0.383 e. The van der Waals surface area contributed by atoms with Gasteiger partial charge in [-0.1, -0.05) is 6.08 Å². The van der Waals surface area contributed by atoms with E-state index in [1.165, 1.54) is 12.3 Å². The van der Waals surface area contributed by atoms with Crippen molar-refractivity contribution in [2.45, 2.75) is 13.1 Å². The average Bonchev–Trinajstić information content (AvgIpc) is 2.95. The van der Waals surface area contributed by atoms with E-state index in [1.807, 2.05) is 0 Å². The summed E-state index contributed by atoms with van der Waals surface area (Å²) in [6, 6.07) is 4.20. The van der Waals surface area contributed by atoms with Crippen LogP contribution >= 0.6 is 0 Å². The van der Waals surface area contributed by atoms with Crippen LogP contribution in [0.3, 0.4) is 0 Å². The van der Waals surface area contributed by atoms with Gasteiger partial charge in [-0.05, 0) is 31.2 Å². The number of allylic oxidation sites excluding steroid dienone is 1. The van der Waals surface area contributed by atoms with Crippen LogP contribution in [0, 0.1) is 0 Å². The molecule has 3 N–H and O–H groups in total. The second-order valence-corrected chi connectivity index (χ2v) is 5.45. The molecule has 26 heavy (non-hydrogen) atoms. The topological polar surface area (TPSA) is 85.3 Å². The molecule has 0 atom stereocenters. The number of alkyl halides is 3. The Balaban J connectivity index is 1.98. The van der Waals surface area contributed by atoms with E-state index in [0.717, 1.165) is 6.07 Å². The van der Waals surface area contributed by atoms with Crippen molar-refractivity contribution in [1.29, 1.82) is 0 Å². The highest BCUT2D eigenvalue weighted by molar-refractivity contribution is 5.98. The first-order valence-corrected chi connectivity index (χ1v) is 7.53. The monoisotopic (exact) mass is 361 g/mol. The number of anilines is 2. The number of halogens is 3. The maximum absolute atomic E-state index is 13.0. The summed E-state index contributed by atoms with van der Waals surface area (Å²) >= 11 is 0. The van der Waals surface area contributed by atoms with Gasteiger partial charge in [0.15, 0.2) is 5.82 Å². The van der Waals surface area contributed by atoms with Crippen LogP contribution in [-0.2, 0) is 11.0 Å². The normalized spacial score (nSPS) is 12.0. The van der Waals surface area contributed by atoms with E-state index in [0.29, 0.717) is 17.0 Å². The Kier molecular flexibility index (Phi) is 4.37. The molecule has 0 radical (unpaired) electrons. The van der Waals surface area contributed by atoms with Crippen LogP contribution in [0.1, 0.15) is 12.5 Å². The van der Waals surface area contributed by atoms with Gasteiger partial charge in [0.2, 0.25) is 5.91 Å². The third kappa shape index (κ3) is 3.51. The molecule has 3 aromatic heterocycles. The number of amides is 1. The van der Waals surface area contributed by atoms with Crippen LogP contribution < -0.4 is 11.1 Å². The first-order chi connectivity index (χ1) is 12.3. The molecule has 0 fully saturated rings. The third-order valence-corrected chi connectivity index (χ3v) is 3.58. The molecule has 0 spiro atoms. The highest BCUT2D eigenvalue weighted by Gasteiger charge is 2.34. The van der Waals surface area contributed by atoms with Crippen LogP contribution in [0.4, 0.5) is 24.8 Å². The number of hydrogen-bond donors (Lipinski definition) is 2. The fourth-order valence-corrected chi connectivity index (χ4v) is 2.40. The number of nitrogens with two attached hydrogens (primary N) is 1. The molecule has 6 nitrogen and oxygen atoms in total. The van der Waals surface area contributed by atoms with Crippen molar-refractivity contribution >= 4 is 23.2 Å². The van der Waals surface area contributed by atoms with E-state index in [-0.39, 0.29) is 11.5 Å². The largest absolute Gasteiger partial charge is 0.419 e. The highest BCUT2D eigenvalue weighted by atomic mass is 19.4. The van der Waals surface area contributed by atoms with Crippen molar-refractivity contribution in [1.82, 2.24) is 14.4 Å². The SMILES string of the molecule is C/C=C/C(=O)Nc1cn2cc(-c3cnc(N)c(C(F)(F)F)c3)ccc2n1. The summed E-state index contributed by atoms with van der Waals surface area (Å²) in [5, 5.41) is 2.59. The molecule has 0 aromatic carbocycles. The summed E-state index contributed by atoms with van der Waals surface area (Å²) in [5.41, 5.74) is 5.64. The molecule has 134 valence electrons. The van der Waals surface area contributed by atoms with Crippen molar-refractivity contribution in [3.05, 3.63) is 54.5 Å². The predicted octanol–water partition coefficient (Wildman–Crippen LogP) is 3.51. The highest BCUT2D eigenvalue weighted by Crippen LogP contribution is 2.35. The smallest absolute Gasteiger partial charge is 0.383 e. The van der Waals surface area contributed by atoms with Crippen molar-refractivity contribution in [2.24, 2.45) is 0 Å². The third-order valence-electron chi connectivity index (χ3n) is 3.58. The van der Waals surface area contributed by atoms with Gasteiger partial charge < -0.3 is 15.5 Å². The number of rotatable bonds is 3. The van der Waals surface area contributed by atoms with E-state index in [2.05, 4.69) is 15.3 Å². The van der Waals surface area contributed by atoms with Gasteiger partial charge in [0.1, 0.15) is 11.5 Å². The first kappa shape index (κ1) is 17.5. The van der Waals surface area contributed by atoms with Gasteiger partial charge in [0, 0.05) is 23.5 Å². The maximum atomic E-state index is 13.0. The summed E-state index contributed by atoms with van der Waals surface area (Å²) in [5.74, 6) is -0.565. The molecule has 0 aliphatic heterocycles. The second-order valence-electron chi connectivity index (χ2n) is 5.45. The fourth-order valence-electron chi connectivity index (χ4n) is 2.40. The molecule has 9 heteroatoms. The molecule has 3 heterocycles. The van der Waals surface area contributed by atoms with Gasteiger partial charge >= 0.3 is 6.18 Å². The number of imidazole rings is 1. The summed E-state index contributed by atoms with van der Waals surface area (Å²) < 4.78 is 40.6. The van der Waals surface area contributed by atoms with Gasteiger partial charge in [-0.15, -0.1) is 0 Å². The first-order valence-electron chi connectivity index (χ1n) is 7.53. The lowest BCUT2D eigenvalue weighted by Crippen LogP contribution is -2.10. The van der Waals surface area contributed by atoms with Crippen LogP contribution in [0.2, 0.25) is 0 Å². The maximum Gasteiger partial charge on any atom is 0.419 e. The number of pyridine rings is 2. The molecule has 3 aromatic rings. The van der Waals surface area contributed by atoms with Gasteiger partial charge in [-0.2, -0.15) is 13.2 Å². The van der Waals surface area contributed by atoms with Crippen molar-refractivity contribution < 1.29 is 18.0 Å². The second kappa shape index (κ2) is 6.51. The Hall–Kier alpha value is -3.36. The standard InChI is InChI=1S/C17H14F3N5O/c1-2-3-15(26)24-13-9-25-8-10(4-5-14(25)23-13)11-6-12(17(18,19)20)16(21)22-7-11/h2-9H,1H3,(H2,21,22)(H,24,26)/b3-2+. The van der Waals surface area contributed by atoms with Crippen LogP contribution in [0.25, 0.3) is 16.8 Å². The lowest BCUT2D eigenvalue weighted by atomic mass is 10.1. The van der Waals surface area contributed by atoms with E-state index < -0.39 is 17.6 Å². The Morgan fingerprint density at radius 1 is 1.27 bits per heavy atom. The average molecular weight is 361 g/mol. The zero-order valence-electron chi connectivity index (χ0n) is 13.6. The summed E-state index contributed by atoms with van der Waals surface area (Å²) in [6.45, 7) is 1.71. The van der Waals surface area contributed by atoms with Crippen LogP contribution in [0.5, 0.6) is 0 Å². The fraction of sp³-hybridized carbons (Fsp3) is 0.118. The molecule has 0 aliphatic rings. The number of aromatic nitrogens is 3. The van der Waals surface area contributed by atoms with Crippen LogP contribution in [0.15, 0.2) is 48.9 Å². The van der Waals surface area contributed by atoms with E-state index in [9.17, 15) is 18.0 Å². The number of nitrogen functional groups attached to an aromatic ring is 1. The molecular formula is C17H14F3N5O. The predicted molar refractivity (Wildman–Crippen MR) is 91.3 cm³/mol. The summed E-state index contributed by atoms with van der Waals surface area (Å²) in [6.07, 6.45) is 2.80. The number of hydrogen-bond acceptors (Lipinski definition) is 4. The molecule has 0 aliphatic carbocycles. The molecule has 1 amide bonds. The lowest BCUT2D eigenvalue weighted by molar-refractivity contribution is -0.137. The number of nitrogens with zero attached hydrogens (tertiary/aromatic N) is 3. The van der Waals surface area contributed by atoms with Crippen molar-refractivity contribution in [3.8, 4) is 11.1 Å². The Morgan fingerprint density at radius 3 is 2.73 bits per heavy atom. The lowest BCUT2D eigenvalue weighted by Gasteiger charge is -2.11. The van der Waals surface area contributed by atoms with E-state index in [4.69, 9.17) is 5.73 Å². The minimum absolute atomic E-state index is 0.265. The quantitative estimate of drug-likeness (QED) is 0.699. The molecule has 0 bridgehead atoms. The van der Waals surface area contributed by atoms with Crippen molar-refractivity contribution in [2.75, 3.05) is 11.1 Å². The number of nitrogens with one attached hydrogen (secondary N) is 1. The molecule has 0 saturated heterocycles. The minimum atomic E-state index is -4.59. The Labute approximate surface area is 146 Å². The number of carbonyl (C=O) groups excluding carboxylic acids is 1. The van der Waals surface area contributed by atoms with Crippen molar-refractivity contribution in [3.63, 3.8) is 0 Å². The molecule has 3 rings (SSSR count). The van der Waals surface area contributed by atoms with Gasteiger partial charge in [-0.3, -0.25) is 4.79 Å². The zero-order valence-corrected chi connectivity index (χ0v) is 13.6. The molecular weight excluding hydrogens is 347 g/mol. The van der Waals surface area contributed by atoms with Gasteiger partial charge in [0.05, 0.1) is 11.8 Å². The van der Waals surface area contributed by atoms with Gasteiger partial charge in [0.25, 0.3) is 0 Å².